The lowest BCUT2D eigenvalue weighted by Crippen LogP contribution is -2.14. The van der Waals surface area contributed by atoms with Crippen LogP contribution in [-0.2, 0) is 6.54 Å². The number of aryl methyl sites for hydroxylation is 1. The van der Waals surface area contributed by atoms with Crippen molar-refractivity contribution in [1.82, 2.24) is 5.32 Å². The van der Waals surface area contributed by atoms with Crippen molar-refractivity contribution in [3.63, 3.8) is 0 Å². The van der Waals surface area contributed by atoms with E-state index in [0.29, 0.717) is 6.42 Å². The summed E-state index contributed by atoms with van der Waals surface area (Å²) in [4.78, 5) is 1.42. The van der Waals surface area contributed by atoms with Gasteiger partial charge in [0.05, 0.1) is 6.07 Å². The van der Waals surface area contributed by atoms with E-state index in [1.807, 2.05) is 0 Å². The van der Waals surface area contributed by atoms with Crippen LogP contribution in [0.2, 0.25) is 0 Å². The second kappa shape index (κ2) is 6.58. The number of nitriles is 1. The average Bonchev–Trinajstić information content (AvgIpc) is 2.58. The molecule has 14 heavy (non-hydrogen) atoms. The van der Waals surface area contributed by atoms with Crippen molar-refractivity contribution >= 4 is 11.3 Å². The second-order valence-electron chi connectivity index (χ2n) is 3.32. The molecule has 0 aromatic carbocycles. The van der Waals surface area contributed by atoms with E-state index in [-0.39, 0.29) is 0 Å². The molecule has 1 N–H and O–H groups in total. The number of hydrogen-bond donors (Lipinski definition) is 1. The van der Waals surface area contributed by atoms with Gasteiger partial charge in [-0.3, -0.25) is 0 Å². The molecule has 1 aromatic rings. The minimum Gasteiger partial charge on any atom is -0.312 e. The standard InChI is InChI=1S/C11H16N2S/c1-10-5-8-14-11(10)9-13-7-4-2-3-6-12/h5,8,13H,2-4,7,9H2,1H3. The van der Waals surface area contributed by atoms with Gasteiger partial charge in [-0.15, -0.1) is 11.3 Å². The van der Waals surface area contributed by atoms with Gasteiger partial charge in [0.2, 0.25) is 0 Å². The molecule has 0 amide bonds. The molecule has 0 spiro atoms. The lowest BCUT2D eigenvalue weighted by Gasteiger charge is -2.02. The fourth-order valence-corrected chi connectivity index (χ4v) is 2.12. The van der Waals surface area contributed by atoms with Crippen LogP contribution in [0.25, 0.3) is 0 Å². The predicted molar refractivity (Wildman–Crippen MR) is 60.2 cm³/mol. The van der Waals surface area contributed by atoms with Crippen LogP contribution < -0.4 is 5.32 Å². The highest BCUT2D eigenvalue weighted by atomic mass is 32.1. The van der Waals surface area contributed by atoms with Crippen LogP contribution in [0.1, 0.15) is 29.7 Å². The topological polar surface area (TPSA) is 35.8 Å². The van der Waals surface area contributed by atoms with Crippen LogP contribution >= 0.6 is 11.3 Å². The lowest BCUT2D eigenvalue weighted by atomic mass is 10.2. The number of rotatable bonds is 6. The Balaban J connectivity index is 2.05. The molecule has 0 saturated heterocycles. The normalized spacial score (nSPS) is 10.0. The van der Waals surface area contributed by atoms with E-state index in [4.69, 9.17) is 5.26 Å². The van der Waals surface area contributed by atoms with Crippen LogP contribution in [0.15, 0.2) is 11.4 Å². The van der Waals surface area contributed by atoms with Gasteiger partial charge in [-0.1, -0.05) is 0 Å². The van der Waals surface area contributed by atoms with Gasteiger partial charge < -0.3 is 5.32 Å². The molecule has 0 fully saturated rings. The zero-order valence-corrected chi connectivity index (χ0v) is 9.36. The Bertz CT molecular complexity index is 298. The zero-order valence-electron chi connectivity index (χ0n) is 8.55. The van der Waals surface area contributed by atoms with Gasteiger partial charge in [-0.05, 0) is 43.3 Å². The third-order valence-corrected chi connectivity index (χ3v) is 3.17. The van der Waals surface area contributed by atoms with E-state index in [0.717, 1.165) is 25.9 Å². The first-order chi connectivity index (χ1) is 6.84. The largest absolute Gasteiger partial charge is 0.312 e. The Morgan fingerprint density at radius 1 is 1.50 bits per heavy atom. The average molecular weight is 208 g/mol. The molecule has 0 aliphatic carbocycles. The Kier molecular flexibility index (Phi) is 5.28. The molecule has 1 rings (SSSR count). The first-order valence-corrected chi connectivity index (χ1v) is 5.83. The predicted octanol–water partition coefficient (Wildman–Crippen LogP) is 2.84. The highest BCUT2D eigenvalue weighted by Gasteiger charge is 1.97. The fourth-order valence-electron chi connectivity index (χ4n) is 1.24. The van der Waals surface area contributed by atoms with Gasteiger partial charge in [0.15, 0.2) is 0 Å². The van der Waals surface area contributed by atoms with Gasteiger partial charge in [0.1, 0.15) is 0 Å². The van der Waals surface area contributed by atoms with E-state index in [2.05, 4.69) is 29.8 Å². The fraction of sp³-hybridized carbons (Fsp3) is 0.545. The summed E-state index contributed by atoms with van der Waals surface area (Å²) in [6.07, 6.45) is 2.78. The SMILES string of the molecule is Cc1ccsc1CNCCCCC#N. The molecule has 0 saturated carbocycles. The number of unbranched alkanes of at least 4 members (excludes halogenated alkanes) is 2. The molecule has 0 aliphatic rings. The number of nitrogens with zero attached hydrogens (tertiary/aromatic N) is 1. The smallest absolute Gasteiger partial charge is 0.0621 e. The molecular weight excluding hydrogens is 192 g/mol. The summed E-state index contributed by atoms with van der Waals surface area (Å²) in [6, 6.07) is 4.31. The van der Waals surface area contributed by atoms with E-state index >= 15 is 0 Å². The van der Waals surface area contributed by atoms with Gasteiger partial charge >= 0.3 is 0 Å². The summed E-state index contributed by atoms with van der Waals surface area (Å²) in [5.74, 6) is 0. The van der Waals surface area contributed by atoms with Crippen molar-refractivity contribution in [2.45, 2.75) is 32.7 Å². The van der Waals surface area contributed by atoms with Crippen molar-refractivity contribution in [3.05, 3.63) is 21.9 Å². The lowest BCUT2D eigenvalue weighted by molar-refractivity contribution is 0.631. The quantitative estimate of drug-likeness (QED) is 0.730. The Hall–Kier alpha value is -0.850. The minimum absolute atomic E-state index is 0.680. The van der Waals surface area contributed by atoms with Gasteiger partial charge in [0.25, 0.3) is 0 Å². The minimum atomic E-state index is 0.680. The van der Waals surface area contributed by atoms with E-state index < -0.39 is 0 Å². The van der Waals surface area contributed by atoms with Crippen LogP contribution in [0, 0.1) is 18.3 Å². The van der Waals surface area contributed by atoms with Crippen LogP contribution in [0.3, 0.4) is 0 Å². The molecule has 1 heterocycles. The first kappa shape index (κ1) is 11.2. The van der Waals surface area contributed by atoms with Crippen LogP contribution in [0.4, 0.5) is 0 Å². The summed E-state index contributed by atoms with van der Waals surface area (Å²) in [7, 11) is 0. The third kappa shape index (κ3) is 3.91. The molecule has 0 bridgehead atoms. The Labute approximate surface area is 89.6 Å². The number of hydrogen-bond acceptors (Lipinski definition) is 3. The number of nitrogens with one attached hydrogen (secondary N) is 1. The molecule has 76 valence electrons. The van der Waals surface area contributed by atoms with Crippen molar-refractivity contribution in [2.75, 3.05) is 6.54 Å². The van der Waals surface area contributed by atoms with Crippen LogP contribution in [0.5, 0.6) is 0 Å². The van der Waals surface area contributed by atoms with E-state index in [1.165, 1.54) is 10.4 Å². The summed E-state index contributed by atoms with van der Waals surface area (Å²) >= 11 is 1.80. The highest BCUT2D eigenvalue weighted by Crippen LogP contribution is 2.14. The van der Waals surface area contributed by atoms with E-state index in [1.54, 1.807) is 11.3 Å². The van der Waals surface area contributed by atoms with Crippen molar-refractivity contribution in [3.8, 4) is 6.07 Å². The van der Waals surface area contributed by atoms with Gasteiger partial charge in [-0.25, -0.2) is 0 Å². The Morgan fingerprint density at radius 2 is 2.36 bits per heavy atom. The monoisotopic (exact) mass is 208 g/mol. The zero-order chi connectivity index (χ0) is 10.2. The maximum Gasteiger partial charge on any atom is 0.0621 e. The third-order valence-electron chi connectivity index (χ3n) is 2.15. The first-order valence-electron chi connectivity index (χ1n) is 4.95. The molecule has 0 aliphatic heterocycles. The van der Waals surface area contributed by atoms with Gasteiger partial charge in [0, 0.05) is 17.8 Å². The number of thiophene rings is 1. The van der Waals surface area contributed by atoms with Crippen LogP contribution in [-0.4, -0.2) is 6.54 Å². The molecule has 0 radical (unpaired) electrons. The van der Waals surface area contributed by atoms with Crippen molar-refractivity contribution in [1.29, 1.82) is 5.26 Å². The maximum absolute atomic E-state index is 8.34. The summed E-state index contributed by atoms with van der Waals surface area (Å²) in [5.41, 5.74) is 1.37. The highest BCUT2D eigenvalue weighted by molar-refractivity contribution is 7.10. The van der Waals surface area contributed by atoms with Crippen molar-refractivity contribution in [2.24, 2.45) is 0 Å². The molecule has 1 aromatic heterocycles. The van der Waals surface area contributed by atoms with Gasteiger partial charge in [-0.2, -0.15) is 5.26 Å². The summed E-state index contributed by atoms with van der Waals surface area (Å²) in [6.45, 7) is 4.12. The Morgan fingerprint density at radius 3 is 3.00 bits per heavy atom. The van der Waals surface area contributed by atoms with Crippen molar-refractivity contribution < 1.29 is 0 Å². The molecule has 3 heteroatoms. The molecule has 2 nitrogen and oxygen atoms in total. The molecule has 0 atom stereocenters. The summed E-state index contributed by atoms with van der Waals surface area (Å²) in [5, 5.41) is 13.9. The second-order valence-corrected chi connectivity index (χ2v) is 4.32. The molecular formula is C11H16N2S. The summed E-state index contributed by atoms with van der Waals surface area (Å²) < 4.78 is 0. The molecule has 0 unspecified atom stereocenters. The maximum atomic E-state index is 8.34. The van der Waals surface area contributed by atoms with E-state index in [9.17, 15) is 0 Å².